The Balaban J connectivity index is 3.34. The molecule has 1 saturated heterocycles. The van der Waals surface area contributed by atoms with Gasteiger partial charge in [0, 0.05) is 19.3 Å². The lowest BCUT2D eigenvalue weighted by Crippen LogP contribution is -2.58. The fourth-order valence-corrected chi connectivity index (χ4v) is 7.48. The summed E-state index contributed by atoms with van der Waals surface area (Å²) in [6.07, 6.45) is 3.51. The average molecular weight is 697 g/mol. The predicted octanol–water partition coefficient (Wildman–Crippen LogP) is 8.45. The van der Waals surface area contributed by atoms with Crippen molar-refractivity contribution < 1.29 is 27.9 Å². The van der Waals surface area contributed by atoms with Gasteiger partial charge >= 0.3 is 5.97 Å². The topological polar surface area (TPSA) is 71.1 Å². The molecule has 0 aromatic heterocycles. The molecule has 1 aliphatic rings. The van der Waals surface area contributed by atoms with E-state index >= 15 is 0 Å². The van der Waals surface area contributed by atoms with Gasteiger partial charge < -0.3 is 18.3 Å². The molecule has 0 spiro atoms. The molecular weight excluding hydrogens is 639 g/mol. The van der Waals surface area contributed by atoms with Crippen LogP contribution in [0.3, 0.4) is 0 Å². The van der Waals surface area contributed by atoms with Crippen LogP contribution >= 0.6 is 22.6 Å². The summed E-state index contributed by atoms with van der Waals surface area (Å²) in [6, 6.07) is 0. The first-order valence-electron chi connectivity index (χ1n) is 14.5. The first-order valence-corrected chi connectivity index (χ1v) is 21.6. The molecule has 6 atom stereocenters. The second kappa shape index (κ2) is 14.9. The van der Waals surface area contributed by atoms with E-state index in [9.17, 15) is 9.59 Å². The smallest absolute Gasteiger partial charge is 0.308 e. The average Bonchev–Trinajstić information content (AvgIpc) is 2.76. The largest absolute Gasteiger partial charge is 0.469 e. The van der Waals surface area contributed by atoms with Crippen LogP contribution < -0.4 is 0 Å². The van der Waals surface area contributed by atoms with Crippen LogP contribution in [0.25, 0.3) is 0 Å². The maximum absolute atomic E-state index is 13.1. The minimum absolute atomic E-state index is 0.0122. The summed E-state index contributed by atoms with van der Waals surface area (Å²) in [5.41, 5.74) is 0. The molecule has 1 unspecified atom stereocenters. The highest BCUT2D eigenvalue weighted by Gasteiger charge is 2.50. The molecule has 0 amide bonds. The van der Waals surface area contributed by atoms with Crippen molar-refractivity contribution in [2.75, 3.05) is 7.11 Å². The first kappa shape index (κ1) is 36.9. The standard InChI is InChI=1S/C30H57IO6Si2/c1-21(15-14-16-31)17-23(32)18-22(2)28-26(37-39(12,13)30(6,7)8)19-25(24(35-28)20-27(33)34-9)36-38(10,11)29(3,4)5/h14,16,21-22,24-26,28H,15,17-20H2,1-13H3/b16-14+/t21-,22+,24-,25?,26+,28+/m1/s1. The summed E-state index contributed by atoms with van der Waals surface area (Å²) in [4.78, 5) is 25.5. The van der Waals surface area contributed by atoms with Crippen molar-refractivity contribution >= 4 is 51.0 Å². The number of carbonyl (C=O) groups is 2. The Bertz CT molecular complexity index is 830. The third kappa shape index (κ3) is 11.3. The maximum Gasteiger partial charge on any atom is 0.308 e. The number of carbonyl (C=O) groups excluding carboxylic acids is 2. The minimum Gasteiger partial charge on any atom is -0.469 e. The summed E-state index contributed by atoms with van der Waals surface area (Å²) in [5.74, 6) is 0.188. The molecule has 6 nitrogen and oxygen atoms in total. The van der Waals surface area contributed by atoms with Gasteiger partial charge in [0.25, 0.3) is 0 Å². The van der Waals surface area contributed by atoms with Crippen LogP contribution in [-0.2, 0) is 27.9 Å². The number of hydrogen-bond donors (Lipinski definition) is 0. The Hall–Kier alpha value is -0.0762. The van der Waals surface area contributed by atoms with E-state index < -0.39 is 22.7 Å². The van der Waals surface area contributed by atoms with E-state index in [1.165, 1.54) is 7.11 Å². The lowest BCUT2D eigenvalue weighted by atomic mass is 9.86. The van der Waals surface area contributed by atoms with E-state index in [1.807, 2.05) is 4.08 Å². The lowest BCUT2D eigenvalue weighted by molar-refractivity contribution is -0.186. The van der Waals surface area contributed by atoms with Crippen molar-refractivity contribution in [1.29, 1.82) is 0 Å². The lowest BCUT2D eigenvalue weighted by Gasteiger charge is -2.50. The van der Waals surface area contributed by atoms with Crippen molar-refractivity contribution in [3.8, 4) is 0 Å². The molecule has 0 saturated carbocycles. The van der Waals surface area contributed by atoms with Crippen LogP contribution in [0.2, 0.25) is 36.3 Å². The Morgan fingerprint density at radius 3 is 1.92 bits per heavy atom. The summed E-state index contributed by atoms with van der Waals surface area (Å²) in [7, 11) is -2.91. The van der Waals surface area contributed by atoms with Gasteiger partial charge in [0.2, 0.25) is 0 Å². The molecule has 0 radical (unpaired) electrons. The number of ketones is 1. The Morgan fingerprint density at radius 1 is 0.949 bits per heavy atom. The van der Waals surface area contributed by atoms with Gasteiger partial charge in [0.05, 0.1) is 37.9 Å². The van der Waals surface area contributed by atoms with E-state index in [2.05, 4.69) is 110 Å². The van der Waals surface area contributed by atoms with Crippen LogP contribution in [0.15, 0.2) is 10.2 Å². The molecule has 0 N–H and O–H groups in total. The van der Waals surface area contributed by atoms with Crippen molar-refractivity contribution in [2.24, 2.45) is 11.8 Å². The minimum atomic E-state index is -2.16. The monoisotopic (exact) mass is 696 g/mol. The fourth-order valence-electron chi connectivity index (χ4n) is 4.48. The van der Waals surface area contributed by atoms with Crippen molar-refractivity contribution in [3.05, 3.63) is 10.2 Å². The van der Waals surface area contributed by atoms with Crippen molar-refractivity contribution in [3.63, 3.8) is 0 Å². The molecule has 1 fully saturated rings. The third-order valence-electron chi connectivity index (χ3n) is 8.99. The first-order chi connectivity index (χ1) is 17.6. The summed E-state index contributed by atoms with van der Waals surface area (Å²) < 4.78 is 27.7. The van der Waals surface area contributed by atoms with Gasteiger partial charge in [-0.05, 0) is 58.6 Å². The number of rotatable bonds is 13. The zero-order valence-corrected chi connectivity index (χ0v) is 31.1. The molecular formula is C30H57IO6Si2. The zero-order valence-electron chi connectivity index (χ0n) is 27.0. The van der Waals surface area contributed by atoms with E-state index in [-0.39, 0.29) is 52.5 Å². The highest BCUT2D eigenvalue weighted by atomic mass is 127. The highest BCUT2D eigenvalue weighted by molar-refractivity contribution is 14.1. The number of Topliss-reactive ketones (excluding diaryl/α,β-unsaturated/α-hetero) is 1. The van der Waals surface area contributed by atoms with Crippen LogP contribution in [0.5, 0.6) is 0 Å². The molecule has 9 heteroatoms. The number of allylic oxidation sites excluding steroid dienone is 1. The number of halogens is 1. The third-order valence-corrected chi connectivity index (χ3v) is 18.5. The van der Waals surface area contributed by atoms with Gasteiger partial charge in [-0.25, -0.2) is 0 Å². The highest BCUT2D eigenvalue weighted by Crippen LogP contribution is 2.44. The SMILES string of the molecule is COC(=O)C[C@H]1O[C@@H]([C@@H](C)CC(=O)C[C@H](C)C/C=C/I)[C@@H](O[Si](C)(C)C(C)(C)C)CC1O[Si](C)(C)C(C)(C)C. The summed E-state index contributed by atoms with van der Waals surface area (Å²) in [6.45, 7) is 26.5. The van der Waals surface area contributed by atoms with Gasteiger partial charge in [-0.15, -0.1) is 0 Å². The quantitative estimate of drug-likeness (QED) is 0.109. The molecule has 0 aromatic rings. The Labute approximate surface area is 255 Å². The fraction of sp³-hybridized carbons (Fsp3) is 0.867. The van der Waals surface area contributed by atoms with E-state index in [4.69, 9.17) is 18.3 Å². The van der Waals surface area contributed by atoms with Gasteiger partial charge in [0.1, 0.15) is 5.78 Å². The molecule has 39 heavy (non-hydrogen) atoms. The predicted molar refractivity (Wildman–Crippen MR) is 174 cm³/mol. The van der Waals surface area contributed by atoms with Crippen LogP contribution in [0, 0.1) is 11.8 Å². The molecule has 228 valence electrons. The van der Waals surface area contributed by atoms with E-state index in [0.29, 0.717) is 25.2 Å². The van der Waals surface area contributed by atoms with Crippen LogP contribution in [-0.4, -0.2) is 59.9 Å². The van der Waals surface area contributed by atoms with Crippen LogP contribution in [0.1, 0.15) is 87.5 Å². The van der Waals surface area contributed by atoms with Gasteiger partial charge in [0.15, 0.2) is 16.6 Å². The summed E-state index contributed by atoms with van der Waals surface area (Å²) in [5, 5.41) is 0.0369. The van der Waals surface area contributed by atoms with Gasteiger partial charge in [-0.2, -0.15) is 0 Å². The van der Waals surface area contributed by atoms with Gasteiger partial charge in [-0.1, -0.05) is 84.1 Å². The molecule has 0 aliphatic carbocycles. The van der Waals surface area contributed by atoms with Crippen molar-refractivity contribution in [2.45, 2.75) is 148 Å². The second-order valence-corrected chi connectivity index (χ2v) is 24.8. The Morgan fingerprint density at radius 2 is 1.46 bits per heavy atom. The van der Waals surface area contributed by atoms with E-state index in [0.717, 1.165) is 6.42 Å². The van der Waals surface area contributed by atoms with Crippen molar-refractivity contribution in [1.82, 2.24) is 0 Å². The number of methoxy groups -OCH3 is 1. The molecule has 0 bridgehead atoms. The molecule has 0 aromatic carbocycles. The number of ether oxygens (including phenoxy) is 2. The molecule has 1 aliphatic heterocycles. The molecule has 1 heterocycles. The zero-order chi connectivity index (χ0) is 30.4. The molecule has 1 rings (SSSR count). The van der Waals surface area contributed by atoms with Gasteiger partial charge in [-0.3, -0.25) is 9.59 Å². The normalized spacial score (nSPS) is 25.0. The maximum atomic E-state index is 13.1. The number of hydrogen-bond acceptors (Lipinski definition) is 6. The van der Waals surface area contributed by atoms with Crippen LogP contribution in [0.4, 0.5) is 0 Å². The second-order valence-electron chi connectivity index (χ2n) is 14.6. The number of esters is 1. The Kier molecular flexibility index (Phi) is 14.1. The summed E-state index contributed by atoms with van der Waals surface area (Å²) >= 11 is 2.21. The van der Waals surface area contributed by atoms with E-state index in [1.54, 1.807) is 0 Å².